The molecule has 0 saturated carbocycles. The lowest BCUT2D eigenvalue weighted by Crippen LogP contribution is -2.00. The van der Waals surface area contributed by atoms with Gasteiger partial charge < -0.3 is 5.32 Å². The molecule has 0 amide bonds. The third-order valence-corrected chi connectivity index (χ3v) is 3.47. The molecule has 100 valence electrons. The van der Waals surface area contributed by atoms with Crippen molar-refractivity contribution < 1.29 is 0 Å². The third-order valence-electron chi connectivity index (χ3n) is 3.04. The molecular formula is C16H12Cl2N2. The SMILES string of the molecule is Clc1cc(Cl)cc(CNc2cccc3cccnc23)c1. The standard InChI is InChI=1S/C16H12Cl2N2/c17-13-7-11(8-14(18)9-13)10-20-15-5-1-3-12-4-2-6-19-16(12)15/h1-9,20H,10H2. The van der Waals surface area contributed by atoms with Crippen LogP contribution in [-0.4, -0.2) is 4.98 Å². The molecule has 0 spiro atoms. The Morgan fingerprint density at radius 2 is 1.70 bits per heavy atom. The van der Waals surface area contributed by atoms with Crippen LogP contribution in [0.2, 0.25) is 10.0 Å². The second-order valence-electron chi connectivity index (χ2n) is 4.51. The van der Waals surface area contributed by atoms with Crippen molar-refractivity contribution in [2.45, 2.75) is 6.54 Å². The van der Waals surface area contributed by atoms with Gasteiger partial charge in [0.1, 0.15) is 0 Å². The number of pyridine rings is 1. The average molecular weight is 303 g/mol. The molecule has 1 N–H and O–H groups in total. The van der Waals surface area contributed by atoms with Gasteiger partial charge in [-0.25, -0.2) is 0 Å². The highest BCUT2D eigenvalue weighted by atomic mass is 35.5. The molecule has 3 rings (SSSR count). The van der Waals surface area contributed by atoms with Gasteiger partial charge in [-0.3, -0.25) is 4.98 Å². The molecule has 20 heavy (non-hydrogen) atoms. The van der Waals surface area contributed by atoms with Crippen LogP contribution in [0.5, 0.6) is 0 Å². The molecule has 0 saturated heterocycles. The number of fused-ring (bicyclic) bond motifs is 1. The molecule has 2 nitrogen and oxygen atoms in total. The number of halogens is 2. The zero-order valence-electron chi connectivity index (χ0n) is 10.6. The molecule has 0 bridgehead atoms. The molecule has 0 aliphatic heterocycles. The zero-order chi connectivity index (χ0) is 13.9. The number of nitrogens with one attached hydrogen (secondary N) is 1. The maximum absolute atomic E-state index is 6.00. The molecule has 0 radical (unpaired) electrons. The molecule has 0 aliphatic carbocycles. The fourth-order valence-electron chi connectivity index (χ4n) is 2.16. The Balaban J connectivity index is 1.87. The Morgan fingerprint density at radius 3 is 2.50 bits per heavy atom. The van der Waals surface area contributed by atoms with Crippen molar-refractivity contribution in [1.82, 2.24) is 4.98 Å². The number of aromatic nitrogens is 1. The summed E-state index contributed by atoms with van der Waals surface area (Å²) in [5.41, 5.74) is 3.00. The summed E-state index contributed by atoms with van der Waals surface area (Å²) in [4.78, 5) is 4.41. The quantitative estimate of drug-likeness (QED) is 0.723. The fourth-order valence-corrected chi connectivity index (χ4v) is 2.73. The molecule has 3 aromatic rings. The van der Waals surface area contributed by atoms with E-state index in [0.29, 0.717) is 16.6 Å². The molecular weight excluding hydrogens is 291 g/mol. The van der Waals surface area contributed by atoms with E-state index in [1.54, 1.807) is 12.3 Å². The van der Waals surface area contributed by atoms with E-state index < -0.39 is 0 Å². The van der Waals surface area contributed by atoms with Gasteiger partial charge >= 0.3 is 0 Å². The summed E-state index contributed by atoms with van der Waals surface area (Å²) in [6.45, 7) is 0.649. The largest absolute Gasteiger partial charge is 0.379 e. The second-order valence-corrected chi connectivity index (χ2v) is 5.38. The Labute approximate surface area is 127 Å². The van der Waals surface area contributed by atoms with Crippen LogP contribution in [0.3, 0.4) is 0 Å². The van der Waals surface area contributed by atoms with E-state index in [9.17, 15) is 0 Å². The molecule has 0 atom stereocenters. The van der Waals surface area contributed by atoms with Crippen LogP contribution in [0.25, 0.3) is 10.9 Å². The fraction of sp³-hybridized carbons (Fsp3) is 0.0625. The first-order chi connectivity index (χ1) is 9.72. The topological polar surface area (TPSA) is 24.9 Å². The van der Waals surface area contributed by atoms with Crippen molar-refractivity contribution in [1.29, 1.82) is 0 Å². The van der Waals surface area contributed by atoms with Crippen molar-refractivity contribution in [3.63, 3.8) is 0 Å². The van der Waals surface area contributed by atoms with E-state index in [1.165, 1.54) is 0 Å². The highest BCUT2D eigenvalue weighted by Crippen LogP contribution is 2.23. The van der Waals surface area contributed by atoms with Gasteiger partial charge in [0, 0.05) is 28.2 Å². The minimum atomic E-state index is 0.644. The number of anilines is 1. The van der Waals surface area contributed by atoms with Crippen LogP contribution in [0.4, 0.5) is 5.69 Å². The maximum atomic E-state index is 6.00. The van der Waals surface area contributed by atoms with E-state index in [1.807, 2.05) is 42.5 Å². The number of hydrogen-bond donors (Lipinski definition) is 1. The summed E-state index contributed by atoms with van der Waals surface area (Å²) in [7, 11) is 0. The van der Waals surface area contributed by atoms with Crippen molar-refractivity contribution in [2.24, 2.45) is 0 Å². The van der Waals surface area contributed by atoms with Gasteiger partial charge in [0.2, 0.25) is 0 Å². The van der Waals surface area contributed by atoms with E-state index in [-0.39, 0.29) is 0 Å². The molecule has 0 unspecified atom stereocenters. The molecule has 1 heterocycles. The summed E-state index contributed by atoms with van der Waals surface area (Å²) >= 11 is 12.0. The van der Waals surface area contributed by atoms with Crippen molar-refractivity contribution in [3.8, 4) is 0 Å². The highest BCUT2D eigenvalue weighted by molar-refractivity contribution is 6.34. The van der Waals surface area contributed by atoms with E-state index in [4.69, 9.17) is 23.2 Å². The molecule has 0 aliphatic rings. The van der Waals surface area contributed by atoms with Gasteiger partial charge in [0.15, 0.2) is 0 Å². The zero-order valence-corrected chi connectivity index (χ0v) is 12.1. The minimum absolute atomic E-state index is 0.644. The number of rotatable bonds is 3. The Morgan fingerprint density at radius 1 is 0.950 bits per heavy atom. The van der Waals surface area contributed by atoms with Crippen molar-refractivity contribution in [3.05, 3.63) is 70.3 Å². The van der Waals surface area contributed by atoms with Crippen LogP contribution >= 0.6 is 23.2 Å². The summed E-state index contributed by atoms with van der Waals surface area (Å²) in [6, 6.07) is 15.6. The normalized spacial score (nSPS) is 10.7. The predicted molar refractivity (Wildman–Crippen MR) is 85.5 cm³/mol. The Hall–Kier alpha value is -1.77. The lowest BCUT2D eigenvalue weighted by molar-refractivity contribution is 1.15. The molecule has 2 aromatic carbocycles. The number of para-hydroxylation sites is 1. The second kappa shape index (κ2) is 5.70. The third kappa shape index (κ3) is 2.87. The lowest BCUT2D eigenvalue weighted by Gasteiger charge is -2.09. The average Bonchev–Trinajstić information content (AvgIpc) is 2.44. The van der Waals surface area contributed by atoms with Crippen LogP contribution in [-0.2, 0) is 6.54 Å². The monoisotopic (exact) mass is 302 g/mol. The Kier molecular flexibility index (Phi) is 3.77. The van der Waals surface area contributed by atoms with Crippen molar-refractivity contribution in [2.75, 3.05) is 5.32 Å². The van der Waals surface area contributed by atoms with Crippen molar-refractivity contribution >= 4 is 39.8 Å². The predicted octanol–water partition coefficient (Wildman–Crippen LogP) is 5.15. The van der Waals surface area contributed by atoms with Gasteiger partial charge in [0.25, 0.3) is 0 Å². The lowest BCUT2D eigenvalue weighted by atomic mass is 10.1. The molecule has 1 aromatic heterocycles. The van der Waals surface area contributed by atoms with E-state index >= 15 is 0 Å². The van der Waals surface area contributed by atoms with Gasteiger partial charge in [-0.1, -0.05) is 41.4 Å². The minimum Gasteiger partial charge on any atom is -0.379 e. The number of hydrogen-bond acceptors (Lipinski definition) is 2. The summed E-state index contributed by atoms with van der Waals surface area (Å²) < 4.78 is 0. The first-order valence-electron chi connectivity index (χ1n) is 6.25. The first-order valence-corrected chi connectivity index (χ1v) is 7.00. The van der Waals surface area contributed by atoms with Gasteiger partial charge in [0.05, 0.1) is 11.2 Å². The number of benzene rings is 2. The summed E-state index contributed by atoms with van der Waals surface area (Å²) in [5.74, 6) is 0. The highest BCUT2D eigenvalue weighted by Gasteiger charge is 2.02. The van der Waals surface area contributed by atoms with Crippen LogP contribution < -0.4 is 5.32 Å². The summed E-state index contributed by atoms with van der Waals surface area (Å²) in [6.07, 6.45) is 1.80. The molecule has 4 heteroatoms. The number of nitrogens with zero attached hydrogens (tertiary/aromatic N) is 1. The maximum Gasteiger partial charge on any atom is 0.0933 e. The van der Waals surface area contributed by atoms with Gasteiger partial charge in [-0.05, 0) is 35.9 Å². The first kappa shape index (κ1) is 13.2. The van der Waals surface area contributed by atoms with Gasteiger partial charge in [-0.15, -0.1) is 0 Å². The van der Waals surface area contributed by atoms with Crippen LogP contribution in [0.1, 0.15) is 5.56 Å². The summed E-state index contributed by atoms with van der Waals surface area (Å²) in [5, 5.41) is 5.78. The van der Waals surface area contributed by atoms with E-state index in [0.717, 1.165) is 22.2 Å². The smallest absolute Gasteiger partial charge is 0.0933 e. The van der Waals surface area contributed by atoms with Gasteiger partial charge in [-0.2, -0.15) is 0 Å². The van der Waals surface area contributed by atoms with Crippen LogP contribution in [0, 0.1) is 0 Å². The van der Waals surface area contributed by atoms with Crippen LogP contribution in [0.15, 0.2) is 54.7 Å². The van der Waals surface area contributed by atoms with E-state index in [2.05, 4.69) is 10.3 Å². The molecule has 0 fully saturated rings. The Bertz CT molecular complexity index is 731.